The van der Waals surface area contributed by atoms with Crippen molar-refractivity contribution in [2.24, 2.45) is 11.1 Å². The molecule has 1 aliphatic carbocycles. The van der Waals surface area contributed by atoms with Crippen LogP contribution in [0, 0.1) is 5.41 Å². The molecular weight excluding hydrogens is 315 g/mol. The predicted octanol–water partition coefficient (Wildman–Crippen LogP) is -0.771. The molecule has 6 heteroatoms. The zero-order chi connectivity index (χ0) is 15.2. The molecule has 1 fully saturated rings. The van der Waals surface area contributed by atoms with E-state index in [0.29, 0.717) is 5.03 Å². The largest absolute Gasteiger partial charge is 1.00 e. The van der Waals surface area contributed by atoms with Gasteiger partial charge in [-0.2, -0.15) is 0 Å². The van der Waals surface area contributed by atoms with Crippen LogP contribution in [0.25, 0.3) is 0 Å². The minimum Gasteiger partial charge on any atom is -0.759 e. The summed E-state index contributed by atoms with van der Waals surface area (Å²) in [6.45, 7) is 1.96. The van der Waals surface area contributed by atoms with Crippen LogP contribution in [0.4, 0.5) is 5.82 Å². The SMILES string of the molecule is N[C@@H]1c2ccccc2CC12CCN(c1cnc([S-])cn1)CC2.[Na+]. The Labute approximate surface area is 164 Å². The third-order valence-corrected chi connectivity index (χ3v) is 5.50. The number of hydrogen-bond donors (Lipinski definition) is 1. The Morgan fingerprint density at radius 1 is 1.13 bits per heavy atom. The van der Waals surface area contributed by atoms with Crippen LogP contribution in [0.5, 0.6) is 0 Å². The summed E-state index contributed by atoms with van der Waals surface area (Å²) in [6, 6.07) is 8.79. The van der Waals surface area contributed by atoms with E-state index in [2.05, 4.69) is 39.1 Å². The Kier molecular flexibility index (Phi) is 4.95. The number of hydrogen-bond acceptors (Lipinski definition) is 5. The van der Waals surface area contributed by atoms with Crippen LogP contribution in [0.1, 0.15) is 30.0 Å². The number of nitrogens with zero attached hydrogens (tertiary/aromatic N) is 3. The van der Waals surface area contributed by atoms with Crippen LogP contribution in [0.15, 0.2) is 41.7 Å². The van der Waals surface area contributed by atoms with Gasteiger partial charge in [-0.15, -0.1) is 0 Å². The standard InChI is InChI=1S/C17H20N4S.Na/c18-16-13-4-2-1-3-12(13)9-17(16)5-7-21(8-6-17)14-10-20-15(22)11-19-14;/h1-4,10-11,16H,5-9,18H2,(H,20,22);/q;+1/p-1/t16-;/m1./s1. The Morgan fingerprint density at radius 2 is 1.87 bits per heavy atom. The molecule has 23 heavy (non-hydrogen) atoms. The van der Waals surface area contributed by atoms with Gasteiger partial charge >= 0.3 is 29.6 Å². The van der Waals surface area contributed by atoms with Crippen molar-refractivity contribution in [2.45, 2.75) is 30.3 Å². The number of benzene rings is 1. The second-order valence-corrected chi connectivity index (χ2v) is 6.83. The van der Waals surface area contributed by atoms with Gasteiger partial charge in [0, 0.05) is 25.3 Å². The summed E-state index contributed by atoms with van der Waals surface area (Å²) in [7, 11) is 0. The Bertz CT molecular complexity index is 683. The molecule has 1 aromatic carbocycles. The topological polar surface area (TPSA) is 55.0 Å². The second kappa shape index (κ2) is 6.65. The molecule has 0 amide bonds. The average molecular weight is 334 g/mol. The molecule has 1 aliphatic heterocycles. The van der Waals surface area contributed by atoms with Gasteiger partial charge in [0.1, 0.15) is 5.82 Å². The Morgan fingerprint density at radius 3 is 2.52 bits per heavy atom. The van der Waals surface area contributed by atoms with Crippen molar-refractivity contribution in [3.8, 4) is 0 Å². The van der Waals surface area contributed by atoms with Gasteiger partial charge in [0.25, 0.3) is 0 Å². The van der Waals surface area contributed by atoms with E-state index in [0.717, 1.165) is 38.2 Å². The third-order valence-electron chi connectivity index (χ3n) is 5.29. The van der Waals surface area contributed by atoms with Gasteiger partial charge in [-0.25, -0.2) is 4.98 Å². The number of fused-ring (bicyclic) bond motifs is 1. The van der Waals surface area contributed by atoms with Crippen molar-refractivity contribution in [3.05, 3.63) is 47.8 Å². The van der Waals surface area contributed by atoms with Crippen LogP contribution in [-0.2, 0) is 19.0 Å². The smallest absolute Gasteiger partial charge is 0.759 e. The molecule has 2 aliphatic rings. The molecule has 114 valence electrons. The zero-order valence-electron chi connectivity index (χ0n) is 13.4. The van der Waals surface area contributed by atoms with E-state index in [1.165, 1.54) is 11.1 Å². The van der Waals surface area contributed by atoms with Crippen molar-refractivity contribution < 1.29 is 29.6 Å². The molecule has 1 spiro atoms. The number of aromatic nitrogens is 2. The molecular formula is C17H19N4NaS. The van der Waals surface area contributed by atoms with Crippen LogP contribution in [-0.4, -0.2) is 23.1 Å². The minimum atomic E-state index is 0. The van der Waals surface area contributed by atoms with Crippen molar-refractivity contribution in [1.82, 2.24) is 9.97 Å². The molecule has 2 N–H and O–H groups in total. The average Bonchev–Trinajstić information content (AvgIpc) is 2.82. The van der Waals surface area contributed by atoms with Crippen LogP contribution >= 0.6 is 0 Å². The van der Waals surface area contributed by atoms with Crippen molar-refractivity contribution in [2.75, 3.05) is 18.0 Å². The van der Waals surface area contributed by atoms with Crippen molar-refractivity contribution in [1.29, 1.82) is 0 Å². The Balaban J connectivity index is 0.00000156. The normalized spacial score (nSPS) is 21.8. The minimum absolute atomic E-state index is 0. The van der Waals surface area contributed by atoms with E-state index in [-0.39, 0.29) is 41.0 Å². The summed E-state index contributed by atoms with van der Waals surface area (Å²) < 4.78 is 0. The molecule has 0 unspecified atom stereocenters. The molecule has 1 atom stereocenters. The zero-order valence-corrected chi connectivity index (χ0v) is 16.2. The first kappa shape index (κ1) is 17.1. The number of rotatable bonds is 1. The van der Waals surface area contributed by atoms with Crippen LogP contribution < -0.4 is 40.2 Å². The fourth-order valence-corrected chi connectivity index (χ4v) is 4.06. The molecule has 1 saturated heterocycles. The first-order valence-electron chi connectivity index (χ1n) is 7.75. The fraction of sp³-hybridized carbons (Fsp3) is 0.412. The van der Waals surface area contributed by atoms with Gasteiger partial charge in [0.05, 0.1) is 6.20 Å². The van der Waals surface area contributed by atoms with E-state index >= 15 is 0 Å². The van der Waals surface area contributed by atoms with Crippen LogP contribution in [0.2, 0.25) is 0 Å². The van der Waals surface area contributed by atoms with Gasteiger partial charge < -0.3 is 23.3 Å². The summed E-state index contributed by atoms with van der Waals surface area (Å²) in [6.07, 6.45) is 6.74. The predicted molar refractivity (Wildman–Crippen MR) is 88.6 cm³/mol. The van der Waals surface area contributed by atoms with Gasteiger partial charge in [0.2, 0.25) is 0 Å². The van der Waals surface area contributed by atoms with Gasteiger partial charge in [0.15, 0.2) is 0 Å². The maximum atomic E-state index is 6.60. The van der Waals surface area contributed by atoms with Crippen molar-refractivity contribution in [3.63, 3.8) is 0 Å². The third kappa shape index (κ3) is 3.01. The number of piperidine rings is 1. The summed E-state index contributed by atoms with van der Waals surface area (Å²) >= 11 is 5.00. The fourth-order valence-electron chi connectivity index (χ4n) is 3.96. The van der Waals surface area contributed by atoms with E-state index in [1.54, 1.807) is 12.4 Å². The first-order chi connectivity index (χ1) is 10.7. The summed E-state index contributed by atoms with van der Waals surface area (Å²) in [4.78, 5) is 10.9. The summed E-state index contributed by atoms with van der Waals surface area (Å²) in [5, 5.41) is 0.547. The molecule has 2 heterocycles. The monoisotopic (exact) mass is 334 g/mol. The second-order valence-electron chi connectivity index (χ2n) is 6.42. The van der Waals surface area contributed by atoms with E-state index in [4.69, 9.17) is 18.4 Å². The summed E-state index contributed by atoms with van der Waals surface area (Å²) in [5.41, 5.74) is 9.58. The van der Waals surface area contributed by atoms with Gasteiger partial charge in [-0.05, 0) is 35.8 Å². The van der Waals surface area contributed by atoms with Crippen LogP contribution in [0.3, 0.4) is 0 Å². The first-order valence-corrected chi connectivity index (χ1v) is 8.16. The van der Waals surface area contributed by atoms with E-state index in [1.807, 2.05) is 0 Å². The molecule has 0 saturated carbocycles. The number of anilines is 1. The molecule has 0 bridgehead atoms. The molecule has 4 nitrogen and oxygen atoms in total. The summed E-state index contributed by atoms with van der Waals surface area (Å²) in [5.74, 6) is 0.924. The van der Waals surface area contributed by atoms with Gasteiger partial charge in [-0.1, -0.05) is 29.3 Å². The van der Waals surface area contributed by atoms with Crippen molar-refractivity contribution >= 4 is 18.4 Å². The van der Waals surface area contributed by atoms with E-state index < -0.39 is 0 Å². The molecule has 4 rings (SSSR count). The quantitative estimate of drug-likeness (QED) is 0.548. The maximum Gasteiger partial charge on any atom is 1.00 e. The van der Waals surface area contributed by atoms with Gasteiger partial charge in [-0.3, -0.25) is 4.98 Å². The number of nitrogens with two attached hydrogens (primary N) is 1. The molecule has 1 aromatic heterocycles. The van der Waals surface area contributed by atoms with E-state index in [9.17, 15) is 0 Å². The Hall–Kier alpha value is -0.720. The maximum absolute atomic E-state index is 6.60. The molecule has 2 aromatic rings. The molecule has 0 radical (unpaired) electrons.